The molecule has 3 nitrogen and oxygen atoms in total. The molecule has 15 heavy (non-hydrogen) atoms. The second-order valence-corrected chi connectivity index (χ2v) is 3.64. The van der Waals surface area contributed by atoms with Crippen molar-refractivity contribution in [3.63, 3.8) is 0 Å². The summed E-state index contributed by atoms with van der Waals surface area (Å²) in [6.45, 7) is 3.77. The molecule has 0 unspecified atom stereocenters. The van der Waals surface area contributed by atoms with E-state index in [4.69, 9.17) is 0 Å². The summed E-state index contributed by atoms with van der Waals surface area (Å²) in [7, 11) is 0. The predicted molar refractivity (Wildman–Crippen MR) is 59.6 cm³/mol. The third-order valence-electron chi connectivity index (χ3n) is 2.37. The standard InChI is InChI=1S/C12H14N2O/c1-9-2-4-10(5-3-9)11(15)8-12-13-6-7-14-12/h2-5,8,13-14H,6-7H2,1H3. The van der Waals surface area contributed by atoms with E-state index in [0.717, 1.165) is 30.0 Å². The Hall–Kier alpha value is -1.77. The lowest BCUT2D eigenvalue weighted by molar-refractivity contribution is 0.104. The number of benzene rings is 1. The molecule has 1 aromatic carbocycles. The minimum absolute atomic E-state index is 0.0342. The summed E-state index contributed by atoms with van der Waals surface area (Å²) in [6.07, 6.45) is 1.61. The summed E-state index contributed by atoms with van der Waals surface area (Å²) >= 11 is 0. The van der Waals surface area contributed by atoms with Gasteiger partial charge in [0.25, 0.3) is 0 Å². The predicted octanol–water partition coefficient (Wildman–Crippen LogP) is 1.21. The van der Waals surface area contributed by atoms with Gasteiger partial charge in [0.15, 0.2) is 5.78 Å². The fraction of sp³-hybridized carbons (Fsp3) is 0.250. The Kier molecular flexibility index (Phi) is 2.72. The van der Waals surface area contributed by atoms with Crippen molar-refractivity contribution in [2.45, 2.75) is 6.92 Å². The van der Waals surface area contributed by atoms with E-state index in [-0.39, 0.29) is 5.78 Å². The lowest BCUT2D eigenvalue weighted by Crippen LogP contribution is -2.12. The average Bonchev–Trinajstić information content (AvgIpc) is 2.71. The van der Waals surface area contributed by atoms with Crippen molar-refractivity contribution in [1.82, 2.24) is 10.6 Å². The average molecular weight is 202 g/mol. The van der Waals surface area contributed by atoms with Crippen molar-refractivity contribution >= 4 is 5.78 Å². The van der Waals surface area contributed by atoms with Gasteiger partial charge in [-0.25, -0.2) is 0 Å². The summed E-state index contributed by atoms with van der Waals surface area (Å²) in [5, 5.41) is 6.20. The number of nitrogens with one attached hydrogen (secondary N) is 2. The van der Waals surface area contributed by atoms with Crippen LogP contribution in [0.1, 0.15) is 15.9 Å². The zero-order chi connectivity index (χ0) is 10.7. The van der Waals surface area contributed by atoms with Gasteiger partial charge in [0.05, 0.1) is 0 Å². The van der Waals surface area contributed by atoms with Gasteiger partial charge in [0, 0.05) is 24.7 Å². The Morgan fingerprint density at radius 2 is 1.80 bits per heavy atom. The van der Waals surface area contributed by atoms with Crippen LogP contribution in [-0.2, 0) is 0 Å². The molecular formula is C12H14N2O. The molecule has 3 heteroatoms. The van der Waals surface area contributed by atoms with Crippen LogP contribution in [0.15, 0.2) is 36.2 Å². The third-order valence-corrected chi connectivity index (χ3v) is 2.37. The molecule has 1 saturated heterocycles. The summed E-state index contributed by atoms with van der Waals surface area (Å²) in [5.74, 6) is 0.854. The lowest BCUT2D eigenvalue weighted by atomic mass is 10.1. The van der Waals surface area contributed by atoms with Crippen LogP contribution in [0, 0.1) is 6.92 Å². The summed E-state index contributed by atoms with van der Waals surface area (Å²) in [6, 6.07) is 7.59. The number of hydrogen-bond donors (Lipinski definition) is 2. The van der Waals surface area contributed by atoms with Crippen LogP contribution in [-0.4, -0.2) is 18.9 Å². The Morgan fingerprint density at radius 1 is 1.20 bits per heavy atom. The molecule has 0 amide bonds. The first-order valence-corrected chi connectivity index (χ1v) is 5.06. The van der Waals surface area contributed by atoms with Crippen molar-refractivity contribution in [3.05, 3.63) is 47.3 Å². The van der Waals surface area contributed by atoms with Crippen LogP contribution in [0.3, 0.4) is 0 Å². The zero-order valence-electron chi connectivity index (χ0n) is 8.71. The Balaban J connectivity index is 2.14. The van der Waals surface area contributed by atoms with Crippen LogP contribution < -0.4 is 10.6 Å². The molecule has 0 aromatic heterocycles. The van der Waals surface area contributed by atoms with Gasteiger partial charge < -0.3 is 10.6 Å². The highest BCUT2D eigenvalue weighted by atomic mass is 16.1. The fourth-order valence-electron chi connectivity index (χ4n) is 1.49. The van der Waals surface area contributed by atoms with Gasteiger partial charge in [-0.15, -0.1) is 0 Å². The molecule has 0 saturated carbocycles. The first-order chi connectivity index (χ1) is 7.25. The van der Waals surface area contributed by atoms with Crippen LogP contribution in [0.2, 0.25) is 0 Å². The minimum atomic E-state index is 0.0342. The topological polar surface area (TPSA) is 41.1 Å². The van der Waals surface area contributed by atoms with Crippen LogP contribution >= 0.6 is 0 Å². The Labute approximate surface area is 89.2 Å². The van der Waals surface area contributed by atoms with Crippen LogP contribution in [0.5, 0.6) is 0 Å². The molecule has 0 spiro atoms. The van der Waals surface area contributed by atoms with E-state index in [1.54, 1.807) is 6.08 Å². The van der Waals surface area contributed by atoms with Crippen molar-refractivity contribution in [3.8, 4) is 0 Å². The molecule has 1 aliphatic rings. The number of rotatable bonds is 2. The lowest BCUT2D eigenvalue weighted by Gasteiger charge is -2.00. The maximum absolute atomic E-state index is 11.8. The van der Waals surface area contributed by atoms with E-state index in [1.165, 1.54) is 0 Å². The second-order valence-electron chi connectivity index (χ2n) is 3.64. The van der Waals surface area contributed by atoms with Crippen molar-refractivity contribution in [2.24, 2.45) is 0 Å². The number of carbonyl (C=O) groups excluding carboxylic acids is 1. The molecule has 1 aromatic rings. The van der Waals surface area contributed by atoms with Gasteiger partial charge in [0.1, 0.15) is 5.82 Å². The fourth-order valence-corrected chi connectivity index (χ4v) is 1.49. The first-order valence-electron chi connectivity index (χ1n) is 5.06. The highest BCUT2D eigenvalue weighted by Crippen LogP contribution is 2.05. The van der Waals surface area contributed by atoms with Crippen molar-refractivity contribution < 1.29 is 4.79 Å². The van der Waals surface area contributed by atoms with Gasteiger partial charge >= 0.3 is 0 Å². The van der Waals surface area contributed by atoms with E-state index in [2.05, 4.69) is 10.6 Å². The number of hydrogen-bond acceptors (Lipinski definition) is 3. The molecule has 1 aliphatic heterocycles. The van der Waals surface area contributed by atoms with E-state index < -0.39 is 0 Å². The zero-order valence-corrected chi connectivity index (χ0v) is 8.71. The molecule has 0 bridgehead atoms. The molecule has 0 radical (unpaired) electrons. The maximum atomic E-state index is 11.8. The SMILES string of the molecule is Cc1ccc(C(=O)C=C2NCCN2)cc1. The highest BCUT2D eigenvalue weighted by molar-refractivity contribution is 6.04. The second kappa shape index (κ2) is 4.17. The van der Waals surface area contributed by atoms with Crippen LogP contribution in [0.4, 0.5) is 0 Å². The molecular weight excluding hydrogens is 188 g/mol. The normalized spacial score (nSPS) is 14.3. The van der Waals surface area contributed by atoms with Gasteiger partial charge in [-0.2, -0.15) is 0 Å². The third kappa shape index (κ3) is 2.37. The number of carbonyl (C=O) groups is 1. The first kappa shape index (κ1) is 9.77. The van der Waals surface area contributed by atoms with Gasteiger partial charge in [-0.1, -0.05) is 29.8 Å². The number of aryl methyl sites for hydroxylation is 1. The van der Waals surface area contributed by atoms with Crippen molar-refractivity contribution in [2.75, 3.05) is 13.1 Å². The molecule has 1 fully saturated rings. The largest absolute Gasteiger partial charge is 0.370 e. The van der Waals surface area contributed by atoms with E-state index in [0.29, 0.717) is 0 Å². The molecule has 2 rings (SSSR count). The van der Waals surface area contributed by atoms with Gasteiger partial charge in [-0.05, 0) is 6.92 Å². The highest BCUT2D eigenvalue weighted by Gasteiger charge is 2.07. The van der Waals surface area contributed by atoms with E-state index in [9.17, 15) is 4.79 Å². The molecule has 1 heterocycles. The monoisotopic (exact) mass is 202 g/mol. The number of ketones is 1. The maximum Gasteiger partial charge on any atom is 0.189 e. The van der Waals surface area contributed by atoms with Gasteiger partial charge in [0.2, 0.25) is 0 Å². The number of allylic oxidation sites excluding steroid dienone is 1. The minimum Gasteiger partial charge on any atom is -0.370 e. The molecule has 0 aliphatic carbocycles. The van der Waals surface area contributed by atoms with E-state index >= 15 is 0 Å². The summed E-state index contributed by atoms with van der Waals surface area (Å²) in [4.78, 5) is 11.8. The van der Waals surface area contributed by atoms with E-state index in [1.807, 2.05) is 31.2 Å². The van der Waals surface area contributed by atoms with Gasteiger partial charge in [-0.3, -0.25) is 4.79 Å². The Morgan fingerprint density at radius 3 is 2.40 bits per heavy atom. The molecule has 0 atom stereocenters. The summed E-state index contributed by atoms with van der Waals surface area (Å²) < 4.78 is 0. The molecule has 2 N–H and O–H groups in total. The Bertz CT molecular complexity index is 385. The quantitative estimate of drug-likeness (QED) is 0.559. The summed E-state index contributed by atoms with van der Waals surface area (Å²) in [5.41, 5.74) is 1.89. The smallest absolute Gasteiger partial charge is 0.189 e. The molecule has 78 valence electrons. The van der Waals surface area contributed by atoms with Crippen molar-refractivity contribution in [1.29, 1.82) is 0 Å². The van der Waals surface area contributed by atoms with Crippen LogP contribution in [0.25, 0.3) is 0 Å².